The summed E-state index contributed by atoms with van der Waals surface area (Å²) in [5, 5.41) is 135. The number of hydrogen-bond donors (Lipinski definition) is 13. The van der Waals surface area contributed by atoms with Gasteiger partial charge in [-0.2, -0.15) is 0 Å². The molecule has 7 unspecified atom stereocenters. The normalized spacial score (nSPS) is 35.9. The molecule has 0 saturated carbocycles. The minimum Gasteiger partial charge on any atom is -0.507 e. The van der Waals surface area contributed by atoms with Crippen LogP contribution in [-0.2, 0) is 23.7 Å². The molecular formula is C35H45O22+. The van der Waals surface area contributed by atoms with Crippen molar-refractivity contribution in [3.63, 3.8) is 0 Å². The van der Waals surface area contributed by atoms with E-state index in [-0.39, 0.29) is 51.0 Å². The van der Waals surface area contributed by atoms with E-state index >= 15 is 0 Å². The molecule has 22 heteroatoms. The van der Waals surface area contributed by atoms with Crippen LogP contribution in [0.1, 0.15) is 0 Å². The summed E-state index contributed by atoms with van der Waals surface area (Å²) in [6.07, 6.45) is -26.1. The molecule has 57 heavy (non-hydrogen) atoms. The van der Waals surface area contributed by atoms with Crippen molar-refractivity contribution >= 4 is 11.0 Å². The number of phenols is 3. The number of benzene rings is 2. The van der Waals surface area contributed by atoms with E-state index < -0.39 is 118 Å². The average molecular weight is 818 g/mol. The van der Waals surface area contributed by atoms with Crippen molar-refractivity contribution in [1.82, 2.24) is 0 Å². The zero-order chi connectivity index (χ0) is 41.5. The van der Waals surface area contributed by atoms with Crippen LogP contribution in [0.3, 0.4) is 0 Å². The van der Waals surface area contributed by atoms with E-state index in [1.54, 1.807) is 0 Å². The van der Waals surface area contributed by atoms with E-state index in [2.05, 4.69) is 0 Å². The average Bonchev–Trinajstić information content (AvgIpc) is 3.19. The molecule has 316 valence electrons. The molecule has 2 aromatic carbocycles. The zero-order valence-corrected chi connectivity index (χ0v) is 30.2. The highest BCUT2D eigenvalue weighted by Crippen LogP contribution is 2.45. The van der Waals surface area contributed by atoms with Crippen LogP contribution in [0.4, 0.5) is 0 Å². The van der Waals surface area contributed by atoms with Gasteiger partial charge in [-0.25, -0.2) is 4.42 Å². The van der Waals surface area contributed by atoms with Crippen LogP contribution >= 0.6 is 0 Å². The van der Waals surface area contributed by atoms with Gasteiger partial charge >= 0.3 is 11.3 Å². The molecule has 4 heterocycles. The lowest BCUT2D eigenvalue weighted by atomic mass is 9.98. The predicted octanol–water partition coefficient (Wildman–Crippen LogP) is -3.66. The van der Waals surface area contributed by atoms with E-state index in [1.165, 1.54) is 38.5 Å². The number of methoxy groups -OCH3 is 2. The Balaban J connectivity index is 1.21. The van der Waals surface area contributed by atoms with Crippen LogP contribution in [0.25, 0.3) is 22.3 Å². The Morgan fingerprint density at radius 3 is 1.54 bits per heavy atom. The quantitative estimate of drug-likeness (QED) is 0.0784. The van der Waals surface area contributed by atoms with Crippen molar-refractivity contribution in [2.45, 2.75) is 92.1 Å². The number of fused-ring (bicyclic) bond motifs is 1. The molecule has 1 aromatic heterocycles. The first-order valence-corrected chi connectivity index (χ1v) is 17.5. The molecule has 0 aliphatic carbocycles. The maximum Gasteiger partial charge on any atom is 0.402 e. The van der Waals surface area contributed by atoms with Crippen molar-refractivity contribution in [3.05, 3.63) is 30.3 Å². The van der Waals surface area contributed by atoms with Crippen LogP contribution in [0.5, 0.6) is 34.5 Å². The number of aliphatic hydroxyl groups excluding tert-OH is 10. The van der Waals surface area contributed by atoms with E-state index in [1.807, 2.05) is 0 Å². The molecule has 13 N–H and O–H groups in total. The topological polar surface area (TPSA) is 348 Å². The Morgan fingerprint density at radius 2 is 1.04 bits per heavy atom. The largest absolute Gasteiger partial charge is 0.507 e. The van der Waals surface area contributed by atoms with Crippen LogP contribution in [0.2, 0.25) is 0 Å². The summed E-state index contributed by atoms with van der Waals surface area (Å²) in [5.41, 5.74) is 0.115. The molecule has 0 radical (unpaired) electrons. The third-order valence-electron chi connectivity index (χ3n) is 9.84. The zero-order valence-electron chi connectivity index (χ0n) is 30.2. The van der Waals surface area contributed by atoms with Gasteiger partial charge in [-0.1, -0.05) is 0 Å². The second-order valence-electron chi connectivity index (χ2n) is 13.6. The molecule has 3 aliphatic rings. The van der Waals surface area contributed by atoms with Gasteiger partial charge in [0, 0.05) is 24.3 Å². The highest BCUT2D eigenvalue weighted by Gasteiger charge is 2.50. The first-order chi connectivity index (χ1) is 27.1. The van der Waals surface area contributed by atoms with Gasteiger partial charge in [0.25, 0.3) is 0 Å². The van der Waals surface area contributed by atoms with Gasteiger partial charge in [-0.05, 0) is 0 Å². The molecule has 15 atom stereocenters. The highest BCUT2D eigenvalue weighted by molar-refractivity contribution is 5.88. The Kier molecular flexibility index (Phi) is 13.1. The molecule has 3 fully saturated rings. The lowest BCUT2D eigenvalue weighted by molar-refractivity contribution is -0.339. The number of hydrogen-bond acceptors (Lipinski definition) is 21. The first kappa shape index (κ1) is 42.7. The van der Waals surface area contributed by atoms with Crippen LogP contribution in [-0.4, -0.2) is 193 Å². The Hall–Kier alpha value is -3.95. The number of ether oxygens (including phenoxy) is 8. The van der Waals surface area contributed by atoms with E-state index in [4.69, 9.17) is 42.3 Å². The van der Waals surface area contributed by atoms with Gasteiger partial charge in [0.1, 0.15) is 90.1 Å². The molecule has 0 bridgehead atoms. The fraction of sp³-hybridized carbons (Fsp3) is 0.571. The summed E-state index contributed by atoms with van der Waals surface area (Å²) in [6, 6.07) is 6.17. The Bertz CT molecular complexity index is 1820. The number of aromatic hydroxyl groups is 3. The summed E-state index contributed by atoms with van der Waals surface area (Å²) in [4.78, 5) is 0. The second kappa shape index (κ2) is 17.5. The summed E-state index contributed by atoms with van der Waals surface area (Å²) >= 11 is 0. The van der Waals surface area contributed by atoms with Gasteiger partial charge in [-0.15, -0.1) is 0 Å². The minimum absolute atomic E-state index is 0.0179. The molecular weight excluding hydrogens is 772 g/mol. The summed E-state index contributed by atoms with van der Waals surface area (Å²) in [5.74, 6) is -1.63. The smallest absolute Gasteiger partial charge is 0.402 e. The third kappa shape index (κ3) is 8.47. The fourth-order valence-electron chi connectivity index (χ4n) is 6.55. The SMILES string of the molecule is COc1cc(-c2[o+]c3cc(O)cc(O)c3cc2O[C@@H]2OC(CO[C@@H]3OC(CO[C@@H]4OC(CO)[C@@H](O)[C@H](O)C4O)[C@@H](O)[C@H](O)C3O)[C@@H](O)C(O)C2O)cc(OC)c1O. The maximum absolute atomic E-state index is 11.0. The van der Waals surface area contributed by atoms with E-state index in [9.17, 15) is 66.4 Å². The Morgan fingerprint density at radius 1 is 0.561 bits per heavy atom. The van der Waals surface area contributed by atoms with Crippen LogP contribution in [0.15, 0.2) is 34.7 Å². The summed E-state index contributed by atoms with van der Waals surface area (Å²) in [6.45, 7) is -2.10. The van der Waals surface area contributed by atoms with Crippen molar-refractivity contribution in [1.29, 1.82) is 0 Å². The summed E-state index contributed by atoms with van der Waals surface area (Å²) < 4.78 is 50.2. The summed E-state index contributed by atoms with van der Waals surface area (Å²) in [7, 11) is 2.56. The van der Waals surface area contributed by atoms with Gasteiger partial charge < -0.3 is 104 Å². The monoisotopic (exact) mass is 817 g/mol. The molecule has 3 saturated heterocycles. The van der Waals surface area contributed by atoms with E-state index in [0.717, 1.165) is 6.07 Å². The molecule has 22 nitrogen and oxygen atoms in total. The maximum atomic E-state index is 11.0. The van der Waals surface area contributed by atoms with Crippen LogP contribution in [0, 0.1) is 0 Å². The highest BCUT2D eigenvalue weighted by atomic mass is 16.7. The number of aliphatic hydroxyl groups is 10. The number of rotatable bonds is 12. The third-order valence-corrected chi connectivity index (χ3v) is 9.84. The van der Waals surface area contributed by atoms with Gasteiger partial charge in [0.05, 0.1) is 45.7 Å². The van der Waals surface area contributed by atoms with Crippen molar-refractivity contribution in [2.75, 3.05) is 34.0 Å². The molecule has 0 spiro atoms. The van der Waals surface area contributed by atoms with Gasteiger partial charge in [0.2, 0.25) is 17.8 Å². The second-order valence-corrected chi connectivity index (χ2v) is 13.6. The van der Waals surface area contributed by atoms with Crippen molar-refractivity contribution in [2.24, 2.45) is 0 Å². The fourth-order valence-corrected chi connectivity index (χ4v) is 6.55. The predicted molar refractivity (Wildman–Crippen MR) is 184 cm³/mol. The molecule has 3 aliphatic heterocycles. The van der Waals surface area contributed by atoms with Gasteiger partial charge in [-0.3, -0.25) is 0 Å². The standard InChI is InChI=1S/C35H44O22/c1-49-16-3-11(4-17(50-2)22(16)39)32-18(7-13-14(38)5-12(37)6-15(13)53-32)54-35-31(48)28(45)25(42)21(57-35)10-52-34-30(47)27(44)24(41)20(56-34)9-51-33-29(46)26(43)23(40)19(8-36)55-33/h3-7,19-21,23-31,33-36,40-48H,8-10H2,1-2H3,(H2-,37,38,39)/p+1/t19?,20?,21?,23-,24-,25-,26+,27+,28?,29?,30?,31?,33-,34-,35-/m1/s1. The molecule has 0 amide bonds. The van der Waals surface area contributed by atoms with Gasteiger partial charge in [0.15, 0.2) is 24.1 Å². The molecule has 6 rings (SSSR count). The van der Waals surface area contributed by atoms with Crippen LogP contribution < -0.4 is 14.2 Å². The minimum atomic E-state index is -1.94. The first-order valence-electron chi connectivity index (χ1n) is 17.5. The van der Waals surface area contributed by atoms with E-state index in [0.29, 0.717) is 0 Å². The Labute approximate surface area is 321 Å². The lowest BCUT2D eigenvalue weighted by Crippen LogP contribution is -2.63. The lowest BCUT2D eigenvalue weighted by Gasteiger charge is -2.43. The number of phenolic OH excluding ortho intramolecular Hbond substituents is 3. The molecule has 3 aromatic rings. The van der Waals surface area contributed by atoms with Crippen molar-refractivity contribution < 1.29 is 109 Å². The van der Waals surface area contributed by atoms with Crippen molar-refractivity contribution in [3.8, 4) is 45.8 Å².